The number of carbonyl (C=O) groups excluding carboxylic acids is 2. The van der Waals surface area contributed by atoms with Gasteiger partial charge in [0.2, 0.25) is 0 Å². The molecule has 0 aromatic heterocycles. The van der Waals surface area contributed by atoms with Gasteiger partial charge in [-0.2, -0.15) is 0 Å². The maximum Gasteiger partial charge on any atom is 0.305 e. The van der Waals surface area contributed by atoms with Crippen LogP contribution in [0.3, 0.4) is 0 Å². The molecule has 3 nitrogen and oxygen atoms in total. The number of Topliss-reactive ketones (excluding diaryl/α,β-unsaturated/α-hetero) is 1. The third kappa shape index (κ3) is 6.18. The van der Waals surface area contributed by atoms with Crippen molar-refractivity contribution < 1.29 is 14.3 Å². The van der Waals surface area contributed by atoms with Gasteiger partial charge in [-0.25, -0.2) is 0 Å². The average Bonchev–Trinajstić information content (AvgIpc) is 2.42. The Labute approximate surface area is 115 Å². The largest absolute Gasteiger partial charge is 0.469 e. The Hall–Kier alpha value is -1.64. The van der Waals surface area contributed by atoms with Crippen LogP contribution in [-0.4, -0.2) is 18.9 Å². The summed E-state index contributed by atoms with van der Waals surface area (Å²) < 4.78 is 4.57. The molecular formula is C16H22O3. The molecule has 0 amide bonds. The summed E-state index contributed by atoms with van der Waals surface area (Å²) in [4.78, 5) is 22.8. The molecule has 3 heteroatoms. The van der Waals surface area contributed by atoms with Crippen molar-refractivity contribution in [2.45, 2.75) is 45.4 Å². The van der Waals surface area contributed by atoms with Gasteiger partial charge >= 0.3 is 5.97 Å². The number of carbonyl (C=O) groups is 2. The lowest BCUT2D eigenvalue weighted by Crippen LogP contribution is -2.00. The standard InChI is InChI=1S/C16H22O3/c1-13-9-11-14(12-10-13)15(17)7-5-3-4-6-8-16(18)19-2/h9-12H,3-8H2,1-2H3. The topological polar surface area (TPSA) is 43.4 Å². The fraction of sp³-hybridized carbons (Fsp3) is 0.500. The van der Waals surface area contributed by atoms with Crippen LogP contribution in [0.25, 0.3) is 0 Å². The molecule has 0 aliphatic rings. The molecule has 0 saturated heterocycles. The van der Waals surface area contributed by atoms with Crippen molar-refractivity contribution in [3.05, 3.63) is 35.4 Å². The van der Waals surface area contributed by atoms with Gasteiger partial charge in [-0.15, -0.1) is 0 Å². The maximum absolute atomic E-state index is 11.9. The van der Waals surface area contributed by atoms with E-state index in [1.807, 2.05) is 31.2 Å². The second-order valence-electron chi connectivity index (χ2n) is 4.78. The van der Waals surface area contributed by atoms with Crippen molar-refractivity contribution in [3.63, 3.8) is 0 Å². The summed E-state index contributed by atoms with van der Waals surface area (Å²) in [5.74, 6) is 0.0451. The molecule has 0 saturated carbocycles. The highest BCUT2D eigenvalue weighted by Gasteiger charge is 2.05. The van der Waals surface area contributed by atoms with Crippen molar-refractivity contribution >= 4 is 11.8 Å². The van der Waals surface area contributed by atoms with Gasteiger partial charge in [0.15, 0.2) is 5.78 Å². The molecule has 0 unspecified atom stereocenters. The quantitative estimate of drug-likeness (QED) is 0.407. The smallest absolute Gasteiger partial charge is 0.305 e. The van der Waals surface area contributed by atoms with E-state index in [2.05, 4.69) is 4.74 Å². The fourth-order valence-electron chi connectivity index (χ4n) is 1.89. The Morgan fingerprint density at radius 2 is 1.53 bits per heavy atom. The van der Waals surface area contributed by atoms with Gasteiger partial charge in [0.25, 0.3) is 0 Å². The van der Waals surface area contributed by atoms with Gasteiger partial charge in [0.05, 0.1) is 7.11 Å². The van der Waals surface area contributed by atoms with Crippen LogP contribution in [-0.2, 0) is 9.53 Å². The Morgan fingerprint density at radius 3 is 2.11 bits per heavy atom. The van der Waals surface area contributed by atoms with Crippen LogP contribution >= 0.6 is 0 Å². The number of rotatable bonds is 8. The number of benzene rings is 1. The highest BCUT2D eigenvalue weighted by atomic mass is 16.5. The van der Waals surface area contributed by atoms with Crippen LogP contribution in [0.5, 0.6) is 0 Å². The molecule has 0 aliphatic heterocycles. The molecule has 104 valence electrons. The average molecular weight is 262 g/mol. The predicted octanol–water partition coefficient (Wildman–Crippen LogP) is 3.69. The van der Waals surface area contributed by atoms with Gasteiger partial charge in [-0.1, -0.05) is 42.7 Å². The SMILES string of the molecule is COC(=O)CCCCCCC(=O)c1ccc(C)cc1. The Balaban J connectivity index is 2.14. The zero-order valence-electron chi connectivity index (χ0n) is 11.8. The molecule has 0 spiro atoms. The van der Waals surface area contributed by atoms with E-state index in [1.54, 1.807) is 0 Å². The van der Waals surface area contributed by atoms with Crippen LogP contribution in [0.2, 0.25) is 0 Å². The lowest BCUT2D eigenvalue weighted by atomic mass is 10.0. The fourth-order valence-corrected chi connectivity index (χ4v) is 1.89. The highest BCUT2D eigenvalue weighted by molar-refractivity contribution is 5.96. The van der Waals surface area contributed by atoms with E-state index in [0.29, 0.717) is 12.8 Å². The van der Waals surface area contributed by atoms with Crippen molar-refractivity contribution in [1.29, 1.82) is 0 Å². The second-order valence-corrected chi connectivity index (χ2v) is 4.78. The van der Waals surface area contributed by atoms with E-state index >= 15 is 0 Å². The summed E-state index contributed by atoms with van der Waals surface area (Å²) in [6, 6.07) is 7.69. The van der Waals surface area contributed by atoms with Crippen LogP contribution < -0.4 is 0 Å². The third-order valence-electron chi connectivity index (χ3n) is 3.14. The van der Waals surface area contributed by atoms with E-state index in [9.17, 15) is 9.59 Å². The number of hydrogen-bond acceptors (Lipinski definition) is 3. The minimum absolute atomic E-state index is 0.157. The Bertz CT molecular complexity index is 407. The lowest BCUT2D eigenvalue weighted by Gasteiger charge is -2.02. The normalized spacial score (nSPS) is 10.2. The highest BCUT2D eigenvalue weighted by Crippen LogP contribution is 2.11. The number of aryl methyl sites for hydroxylation is 1. The summed E-state index contributed by atoms with van der Waals surface area (Å²) in [7, 11) is 1.41. The van der Waals surface area contributed by atoms with Crippen molar-refractivity contribution in [3.8, 4) is 0 Å². The number of methoxy groups -OCH3 is 1. The number of esters is 1. The van der Waals surface area contributed by atoms with Gasteiger partial charge in [-0.05, 0) is 19.8 Å². The molecule has 0 N–H and O–H groups in total. The van der Waals surface area contributed by atoms with E-state index in [-0.39, 0.29) is 11.8 Å². The monoisotopic (exact) mass is 262 g/mol. The molecule has 0 aliphatic carbocycles. The summed E-state index contributed by atoms with van der Waals surface area (Å²) >= 11 is 0. The van der Waals surface area contributed by atoms with Gasteiger partial charge < -0.3 is 4.74 Å². The number of ether oxygens (including phenoxy) is 1. The molecule has 1 aromatic rings. The first kappa shape index (κ1) is 15.4. The van der Waals surface area contributed by atoms with Crippen molar-refractivity contribution in [2.24, 2.45) is 0 Å². The molecule has 0 fully saturated rings. The third-order valence-corrected chi connectivity index (χ3v) is 3.14. The van der Waals surface area contributed by atoms with E-state index < -0.39 is 0 Å². The van der Waals surface area contributed by atoms with E-state index in [4.69, 9.17) is 0 Å². The minimum atomic E-state index is -0.157. The van der Waals surface area contributed by atoms with Gasteiger partial charge in [0.1, 0.15) is 0 Å². The van der Waals surface area contributed by atoms with Crippen LogP contribution in [0.4, 0.5) is 0 Å². The predicted molar refractivity (Wildman–Crippen MR) is 75.2 cm³/mol. The molecule has 19 heavy (non-hydrogen) atoms. The minimum Gasteiger partial charge on any atom is -0.469 e. The van der Waals surface area contributed by atoms with Crippen molar-refractivity contribution in [1.82, 2.24) is 0 Å². The Morgan fingerprint density at radius 1 is 0.947 bits per heavy atom. The number of hydrogen-bond donors (Lipinski definition) is 0. The first-order valence-electron chi connectivity index (χ1n) is 6.80. The van der Waals surface area contributed by atoms with E-state index in [0.717, 1.165) is 31.2 Å². The molecule has 0 radical (unpaired) electrons. The summed E-state index contributed by atoms with van der Waals surface area (Å²) in [6.45, 7) is 2.01. The zero-order valence-corrected chi connectivity index (χ0v) is 11.8. The molecule has 0 atom stereocenters. The Kier molecular flexibility index (Phi) is 6.86. The van der Waals surface area contributed by atoms with E-state index in [1.165, 1.54) is 12.7 Å². The first-order valence-corrected chi connectivity index (χ1v) is 6.80. The van der Waals surface area contributed by atoms with Crippen LogP contribution in [0, 0.1) is 6.92 Å². The summed E-state index contributed by atoms with van der Waals surface area (Å²) in [5.41, 5.74) is 1.96. The lowest BCUT2D eigenvalue weighted by molar-refractivity contribution is -0.140. The zero-order chi connectivity index (χ0) is 14.1. The van der Waals surface area contributed by atoms with Gasteiger partial charge in [-0.3, -0.25) is 9.59 Å². The van der Waals surface area contributed by atoms with Crippen LogP contribution in [0.1, 0.15) is 54.4 Å². The van der Waals surface area contributed by atoms with Crippen LogP contribution in [0.15, 0.2) is 24.3 Å². The molecule has 1 aromatic carbocycles. The van der Waals surface area contributed by atoms with Gasteiger partial charge in [0, 0.05) is 18.4 Å². The number of unbranched alkanes of at least 4 members (excludes halogenated alkanes) is 3. The number of ketones is 1. The molecule has 0 heterocycles. The second kappa shape index (κ2) is 8.46. The maximum atomic E-state index is 11.9. The van der Waals surface area contributed by atoms with Crippen molar-refractivity contribution in [2.75, 3.05) is 7.11 Å². The molecular weight excluding hydrogens is 240 g/mol. The summed E-state index contributed by atoms with van der Waals surface area (Å²) in [6.07, 6.45) is 4.73. The molecule has 0 bridgehead atoms. The molecule has 1 rings (SSSR count). The summed E-state index contributed by atoms with van der Waals surface area (Å²) in [5, 5.41) is 0. The first-order chi connectivity index (χ1) is 9.13.